The van der Waals surface area contributed by atoms with Crippen molar-refractivity contribution in [1.29, 1.82) is 0 Å². The molecular weight excluding hydrogens is 469 g/mol. The van der Waals surface area contributed by atoms with E-state index in [0.29, 0.717) is 22.4 Å². The minimum absolute atomic E-state index is 0.172. The molecule has 0 saturated heterocycles. The van der Waals surface area contributed by atoms with Crippen molar-refractivity contribution in [2.75, 3.05) is 14.2 Å². The van der Waals surface area contributed by atoms with Gasteiger partial charge in [0.25, 0.3) is 0 Å². The molecule has 9 heteroatoms. The predicted molar refractivity (Wildman–Crippen MR) is 133 cm³/mol. The van der Waals surface area contributed by atoms with Crippen molar-refractivity contribution in [1.82, 2.24) is 14.5 Å². The number of rotatable bonds is 7. The summed E-state index contributed by atoms with van der Waals surface area (Å²) in [4.78, 5) is 9.02. The third-order valence-corrected chi connectivity index (χ3v) is 6.96. The molecule has 0 atom stereocenters. The number of imidazole rings is 1. The summed E-state index contributed by atoms with van der Waals surface area (Å²) in [6.07, 6.45) is 3.42. The van der Waals surface area contributed by atoms with Gasteiger partial charge < -0.3 is 19.7 Å². The van der Waals surface area contributed by atoms with Crippen molar-refractivity contribution in [2.24, 2.45) is 0 Å². The van der Waals surface area contributed by atoms with Crippen LogP contribution in [0.5, 0.6) is 11.5 Å². The maximum Gasteiger partial charge on any atom is 0.165 e. The lowest BCUT2D eigenvalue weighted by Crippen LogP contribution is -1.99. The van der Waals surface area contributed by atoms with Crippen molar-refractivity contribution >= 4 is 21.6 Å². The first-order chi connectivity index (χ1) is 17.1. The van der Waals surface area contributed by atoms with Crippen LogP contribution >= 0.6 is 11.3 Å². The summed E-state index contributed by atoms with van der Waals surface area (Å²) in [6, 6.07) is 14.4. The fourth-order valence-corrected chi connectivity index (χ4v) is 5.18. The van der Waals surface area contributed by atoms with Crippen LogP contribution in [0.15, 0.2) is 61.1 Å². The molecule has 0 aliphatic carbocycles. The van der Waals surface area contributed by atoms with Crippen molar-refractivity contribution in [3.63, 3.8) is 0 Å². The number of hydrogen-bond acceptors (Lipinski definition) is 7. The molecule has 0 spiro atoms. The lowest BCUT2D eigenvalue weighted by Gasteiger charge is -2.11. The van der Waals surface area contributed by atoms with Gasteiger partial charge in [-0.25, -0.2) is 14.4 Å². The van der Waals surface area contributed by atoms with E-state index in [2.05, 4.69) is 4.98 Å². The smallest absolute Gasteiger partial charge is 0.165 e. The monoisotopic (exact) mass is 491 g/mol. The molecule has 35 heavy (non-hydrogen) atoms. The van der Waals surface area contributed by atoms with E-state index in [9.17, 15) is 14.6 Å². The van der Waals surface area contributed by atoms with E-state index in [-0.39, 0.29) is 19.0 Å². The molecule has 7 nitrogen and oxygen atoms in total. The summed E-state index contributed by atoms with van der Waals surface area (Å²) in [7, 11) is 2.98. The van der Waals surface area contributed by atoms with Crippen LogP contribution in [0.1, 0.15) is 11.1 Å². The van der Waals surface area contributed by atoms with Crippen LogP contribution in [0.2, 0.25) is 0 Å². The topological polar surface area (TPSA) is 89.6 Å². The molecule has 5 rings (SSSR count). The molecule has 3 aromatic carbocycles. The van der Waals surface area contributed by atoms with E-state index >= 15 is 0 Å². The van der Waals surface area contributed by atoms with Crippen molar-refractivity contribution in [2.45, 2.75) is 13.2 Å². The number of aliphatic hydroxyl groups is 2. The van der Waals surface area contributed by atoms with E-state index in [1.54, 1.807) is 37.8 Å². The van der Waals surface area contributed by atoms with Gasteiger partial charge in [0.15, 0.2) is 11.6 Å². The molecule has 2 heterocycles. The van der Waals surface area contributed by atoms with E-state index < -0.39 is 5.82 Å². The fraction of sp³-hybridized carbons (Fsp3) is 0.154. The largest absolute Gasteiger partial charge is 0.495 e. The van der Waals surface area contributed by atoms with Crippen LogP contribution in [0.25, 0.3) is 37.7 Å². The lowest BCUT2D eigenvalue weighted by molar-refractivity contribution is 0.254. The highest BCUT2D eigenvalue weighted by atomic mass is 32.1. The number of ether oxygens (including phenoxy) is 2. The molecule has 0 radical (unpaired) electrons. The molecule has 0 aliphatic rings. The van der Waals surface area contributed by atoms with Gasteiger partial charge in [0.1, 0.15) is 10.8 Å². The highest BCUT2D eigenvalue weighted by Crippen LogP contribution is 2.40. The Kier molecular flexibility index (Phi) is 6.21. The van der Waals surface area contributed by atoms with Crippen LogP contribution in [-0.2, 0) is 13.2 Å². The molecule has 2 aromatic heterocycles. The minimum atomic E-state index is -0.420. The quantitative estimate of drug-likeness (QED) is 0.335. The van der Waals surface area contributed by atoms with Crippen LogP contribution in [0, 0.1) is 5.82 Å². The number of methoxy groups -OCH3 is 2. The predicted octanol–water partition coefficient (Wildman–Crippen LogP) is 4.96. The molecule has 178 valence electrons. The highest BCUT2D eigenvalue weighted by molar-refractivity contribution is 7.22. The zero-order chi connectivity index (χ0) is 24.5. The van der Waals surface area contributed by atoms with Crippen LogP contribution in [-0.4, -0.2) is 39.0 Å². The maximum absolute atomic E-state index is 13.9. The second-order valence-corrected chi connectivity index (χ2v) is 8.78. The van der Waals surface area contributed by atoms with E-state index in [4.69, 9.17) is 14.5 Å². The average molecular weight is 492 g/mol. The summed E-state index contributed by atoms with van der Waals surface area (Å²) >= 11 is 1.46. The van der Waals surface area contributed by atoms with Gasteiger partial charge in [-0.1, -0.05) is 0 Å². The first kappa shape index (κ1) is 23.0. The first-order valence-corrected chi connectivity index (χ1v) is 11.6. The number of aromatic nitrogens is 3. The molecule has 5 aromatic rings. The van der Waals surface area contributed by atoms with Crippen molar-refractivity contribution < 1.29 is 24.1 Å². The SMILES string of the molecule is COc1cc(-c2cncn2-c2ccc(-c3nc4cc(CO)c(CO)c(OC)c4s3)cc2)ccc1F. The van der Waals surface area contributed by atoms with Gasteiger partial charge in [-0.2, -0.15) is 0 Å². The number of thiazole rings is 1. The standard InChI is InChI=1S/C26H22FN3O4S/c1-33-23-10-16(5-8-20(23)27)22-11-28-14-30(22)18-6-3-15(4-7-18)26-29-21-9-17(12-31)19(13-32)24(34-2)25(21)35-26/h3-11,14,31-32H,12-13H2,1-2H3. The second kappa shape index (κ2) is 9.46. The average Bonchev–Trinajstić information content (AvgIpc) is 3.55. The maximum atomic E-state index is 13.9. The van der Waals surface area contributed by atoms with Gasteiger partial charge in [0.05, 0.1) is 55.9 Å². The van der Waals surface area contributed by atoms with E-state index in [0.717, 1.165) is 32.2 Å². The second-order valence-electron chi connectivity index (χ2n) is 7.78. The molecular formula is C26H22FN3O4S. The number of benzene rings is 3. The van der Waals surface area contributed by atoms with E-state index in [1.165, 1.54) is 24.5 Å². The molecule has 0 bridgehead atoms. The van der Waals surface area contributed by atoms with Crippen LogP contribution in [0.4, 0.5) is 4.39 Å². The number of fused-ring (bicyclic) bond motifs is 1. The zero-order valence-electron chi connectivity index (χ0n) is 19.0. The Balaban J connectivity index is 1.52. The first-order valence-electron chi connectivity index (χ1n) is 10.8. The number of halogens is 1. The summed E-state index contributed by atoms with van der Waals surface area (Å²) in [5.41, 5.74) is 5.24. The Morgan fingerprint density at radius 2 is 1.74 bits per heavy atom. The minimum Gasteiger partial charge on any atom is -0.495 e. The zero-order valence-corrected chi connectivity index (χ0v) is 19.8. The summed E-state index contributed by atoms with van der Waals surface area (Å²) in [5, 5.41) is 20.3. The molecule has 0 aliphatic heterocycles. The van der Waals surface area contributed by atoms with Gasteiger partial charge in [0.2, 0.25) is 0 Å². The fourth-order valence-electron chi connectivity index (χ4n) is 4.08. The van der Waals surface area contributed by atoms with Crippen LogP contribution < -0.4 is 9.47 Å². The summed E-state index contributed by atoms with van der Waals surface area (Å²) in [6.45, 7) is -0.443. The third kappa shape index (κ3) is 4.03. The Hall–Kier alpha value is -3.79. The summed E-state index contributed by atoms with van der Waals surface area (Å²) < 4.78 is 27.3. The highest BCUT2D eigenvalue weighted by Gasteiger charge is 2.18. The molecule has 0 saturated carbocycles. The Bertz CT molecular complexity index is 1510. The molecule has 2 N–H and O–H groups in total. The number of hydrogen-bond donors (Lipinski definition) is 2. The molecule has 0 amide bonds. The van der Waals surface area contributed by atoms with Crippen molar-refractivity contribution in [3.8, 4) is 39.0 Å². The number of nitrogens with zero attached hydrogens (tertiary/aromatic N) is 3. The Morgan fingerprint density at radius 3 is 2.43 bits per heavy atom. The van der Waals surface area contributed by atoms with E-state index in [1.807, 2.05) is 28.8 Å². The van der Waals surface area contributed by atoms with Gasteiger partial charge >= 0.3 is 0 Å². The number of aliphatic hydroxyl groups excluding tert-OH is 2. The summed E-state index contributed by atoms with van der Waals surface area (Å²) in [5.74, 6) is 0.286. The van der Waals surface area contributed by atoms with Gasteiger partial charge in [-0.15, -0.1) is 11.3 Å². The molecule has 0 unspecified atom stereocenters. The Labute approximate surface area is 204 Å². The van der Waals surface area contributed by atoms with Gasteiger partial charge in [-0.05, 0) is 54.1 Å². The van der Waals surface area contributed by atoms with Crippen LogP contribution in [0.3, 0.4) is 0 Å². The van der Waals surface area contributed by atoms with Crippen molar-refractivity contribution in [3.05, 3.63) is 78.0 Å². The molecule has 0 fully saturated rings. The normalized spacial score (nSPS) is 11.2. The van der Waals surface area contributed by atoms with Gasteiger partial charge in [0, 0.05) is 22.4 Å². The Morgan fingerprint density at radius 1 is 0.971 bits per heavy atom. The lowest BCUT2D eigenvalue weighted by atomic mass is 10.1. The van der Waals surface area contributed by atoms with Gasteiger partial charge in [-0.3, -0.25) is 4.57 Å². The third-order valence-electron chi connectivity index (χ3n) is 5.84.